The Kier molecular flexibility index (Phi) is 4.76. The number of carbonyl (C=O) groups is 1. The summed E-state index contributed by atoms with van der Waals surface area (Å²) in [6, 6.07) is 9.72. The van der Waals surface area contributed by atoms with E-state index in [4.69, 9.17) is 4.74 Å². The Labute approximate surface area is 149 Å². The molecule has 0 unspecified atom stereocenters. The Morgan fingerprint density at radius 3 is 2.64 bits per heavy atom. The van der Waals surface area contributed by atoms with Crippen LogP contribution in [-0.4, -0.2) is 35.0 Å². The smallest absolute Gasteiger partial charge is 0.348 e. The summed E-state index contributed by atoms with van der Waals surface area (Å²) in [6.45, 7) is 2.64. The summed E-state index contributed by atoms with van der Waals surface area (Å²) < 4.78 is 7.09. The zero-order valence-electron chi connectivity index (χ0n) is 14.2. The number of thiophene rings is 1. The Balaban J connectivity index is 1.89. The van der Waals surface area contributed by atoms with Crippen molar-refractivity contribution in [1.29, 1.82) is 0 Å². The summed E-state index contributed by atoms with van der Waals surface area (Å²) in [5, 5.41) is 16.7. The van der Waals surface area contributed by atoms with Crippen LogP contribution in [0.4, 0.5) is 5.69 Å². The Hall–Kier alpha value is -2.80. The van der Waals surface area contributed by atoms with Gasteiger partial charge in [-0.25, -0.2) is 4.79 Å². The number of benzene rings is 1. The molecule has 25 heavy (non-hydrogen) atoms. The third-order valence-corrected chi connectivity index (χ3v) is 5.21. The van der Waals surface area contributed by atoms with Crippen LogP contribution in [0.15, 0.2) is 36.5 Å². The first-order chi connectivity index (χ1) is 12.0. The second-order valence-corrected chi connectivity index (χ2v) is 6.61. The quantitative estimate of drug-likeness (QED) is 0.703. The molecule has 0 bridgehead atoms. The van der Waals surface area contributed by atoms with E-state index in [2.05, 4.69) is 10.4 Å². The molecule has 0 atom stereocenters. The van der Waals surface area contributed by atoms with Gasteiger partial charge >= 0.3 is 5.97 Å². The first kappa shape index (κ1) is 17.0. The number of aromatic nitrogens is 2. The SMILES string of the molecule is CNc1cc(-c2cnn(Cc3ccc(OC)cc3)c2C)sc1C(=O)O. The zero-order valence-corrected chi connectivity index (χ0v) is 15.1. The van der Waals surface area contributed by atoms with Gasteiger partial charge < -0.3 is 15.2 Å². The van der Waals surface area contributed by atoms with Gasteiger partial charge in [0.05, 0.1) is 25.5 Å². The lowest BCUT2D eigenvalue weighted by Gasteiger charge is -2.06. The molecule has 7 heteroatoms. The molecular weight excluding hydrogens is 338 g/mol. The van der Waals surface area contributed by atoms with Crippen LogP contribution >= 0.6 is 11.3 Å². The summed E-state index contributed by atoms with van der Waals surface area (Å²) in [7, 11) is 3.36. The number of carboxylic acids is 1. The molecule has 0 amide bonds. The van der Waals surface area contributed by atoms with Crippen molar-refractivity contribution in [3.63, 3.8) is 0 Å². The highest BCUT2D eigenvalue weighted by atomic mass is 32.1. The molecule has 0 aliphatic heterocycles. The lowest BCUT2D eigenvalue weighted by Crippen LogP contribution is -2.03. The van der Waals surface area contributed by atoms with E-state index in [0.29, 0.717) is 17.1 Å². The molecular formula is C18H19N3O3S. The maximum absolute atomic E-state index is 11.3. The zero-order chi connectivity index (χ0) is 18.0. The van der Waals surface area contributed by atoms with Crippen molar-refractivity contribution in [3.05, 3.63) is 52.7 Å². The minimum Gasteiger partial charge on any atom is -0.497 e. The number of rotatable bonds is 6. The number of nitrogens with zero attached hydrogens (tertiary/aromatic N) is 2. The van der Waals surface area contributed by atoms with Crippen molar-refractivity contribution >= 4 is 23.0 Å². The van der Waals surface area contributed by atoms with Gasteiger partial charge in [0.25, 0.3) is 0 Å². The van der Waals surface area contributed by atoms with Crippen LogP contribution in [0.2, 0.25) is 0 Å². The maximum Gasteiger partial charge on any atom is 0.348 e. The molecule has 0 aliphatic carbocycles. The topological polar surface area (TPSA) is 76.4 Å². The van der Waals surface area contributed by atoms with E-state index in [1.54, 1.807) is 20.4 Å². The van der Waals surface area contributed by atoms with Gasteiger partial charge in [0.15, 0.2) is 0 Å². The van der Waals surface area contributed by atoms with Gasteiger partial charge in [-0.15, -0.1) is 11.3 Å². The van der Waals surface area contributed by atoms with E-state index in [-0.39, 0.29) is 0 Å². The van der Waals surface area contributed by atoms with E-state index in [9.17, 15) is 9.90 Å². The third kappa shape index (κ3) is 3.36. The van der Waals surface area contributed by atoms with Crippen LogP contribution in [0.3, 0.4) is 0 Å². The number of hydrogen-bond acceptors (Lipinski definition) is 5. The lowest BCUT2D eigenvalue weighted by molar-refractivity contribution is 0.0703. The summed E-state index contributed by atoms with van der Waals surface area (Å²) in [5.74, 6) is -0.107. The molecule has 0 saturated heterocycles. The van der Waals surface area contributed by atoms with E-state index in [1.165, 1.54) is 11.3 Å². The number of ether oxygens (including phenoxy) is 1. The van der Waals surface area contributed by atoms with Crippen molar-refractivity contribution in [2.45, 2.75) is 13.5 Å². The van der Waals surface area contributed by atoms with Crippen molar-refractivity contribution in [3.8, 4) is 16.2 Å². The van der Waals surface area contributed by atoms with Gasteiger partial charge in [0, 0.05) is 23.2 Å². The van der Waals surface area contributed by atoms with Gasteiger partial charge in [-0.05, 0) is 30.7 Å². The molecule has 1 aromatic carbocycles. The van der Waals surface area contributed by atoms with Crippen LogP contribution in [0.25, 0.3) is 10.4 Å². The molecule has 0 radical (unpaired) electrons. The number of aromatic carboxylic acids is 1. The molecule has 0 fully saturated rings. The Morgan fingerprint density at radius 2 is 2.08 bits per heavy atom. The van der Waals surface area contributed by atoms with Crippen molar-refractivity contribution in [2.24, 2.45) is 0 Å². The fraction of sp³-hybridized carbons (Fsp3) is 0.222. The van der Waals surface area contributed by atoms with Gasteiger partial charge in [-0.1, -0.05) is 12.1 Å². The molecule has 3 aromatic rings. The number of hydrogen-bond donors (Lipinski definition) is 2. The van der Waals surface area contributed by atoms with Crippen LogP contribution in [-0.2, 0) is 6.54 Å². The Morgan fingerprint density at radius 1 is 1.36 bits per heavy atom. The first-order valence-electron chi connectivity index (χ1n) is 7.74. The predicted octanol–water partition coefficient (Wildman–Crippen LogP) is 3.72. The molecule has 6 nitrogen and oxygen atoms in total. The van der Waals surface area contributed by atoms with Gasteiger partial charge in [-0.2, -0.15) is 5.10 Å². The third-order valence-electron chi connectivity index (χ3n) is 4.06. The monoisotopic (exact) mass is 357 g/mol. The normalized spacial score (nSPS) is 10.7. The largest absolute Gasteiger partial charge is 0.497 e. The molecule has 0 aliphatic rings. The maximum atomic E-state index is 11.3. The van der Waals surface area contributed by atoms with Crippen molar-refractivity contribution in [2.75, 3.05) is 19.5 Å². The molecule has 2 aromatic heterocycles. The second-order valence-electron chi connectivity index (χ2n) is 5.56. The molecule has 0 saturated carbocycles. The summed E-state index contributed by atoms with van der Waals surface area (Å²) >= 11 is 1.25. The fourth-order valence-electron chi connectivity index (χ4n) is 2.62. The summed E-state index contributed by atoms with van der Waals surface area (Å²) in [6.07, 6.45) is 1.79. The van der Waals surface area contributed by atoms with Crippen LogP contribution in [0.5, 0.6) is 5.75 Å². The molecule has 0 spiro atoms. The fourth-order valence-corrected chi connectivity index (χ4v) is 3.69. The van der Waals surface area contributed by atoms with Crippen LogP contribution in [0.1, 0.15) is 20.9 Å². The Bertz CT molecular complexity index is 897. The van der Waals surface area contributed by atoms with Gasteiger partial charge in [0.2, 0.25) is 0 Å². The minimum absolute atomic E-state index is 0.305. The summed E-state index contributed by atoms with van der Waals surface area (Å²) in [5.41, 5.74) is 3.68. The summed E-state index contributed by atoms with van der Waals surface area (Å²) in [4.78, 5) is 12.5. The second kappa shape index (κ2) is 6.98. The molecule has 2 N–H and O–H groups in total. The van der Waals surface area contributed by atoms with E-state index >= 15 is 0 Å². The standard InChI is InChI=1S/C18H19N3O3S/c1-11-14(16-8-15(19-2)17(25-16)18(22)23)9-20-21(11)10-12-4-6-13(24-3)7-5-12/h4-9,19H,10H2,1-3H3,(H,22,23). The van der Waals surface area contributed by atoms with E-state index in [1.807, 2.05) is 41.9 Å². The number of nitrogens with one attached hydrogen (secondary N) is 1. The lowest BCUT2D eigenvalue weighted by atomic mass is 10.2. The van der Waals surface area contributed by atoms with E-state index < -0.39 is 5.97 Å². The number of methoxy groups -OCH3 is 1. The molecule has 2 heterocycles. The van der Waals surface area contributed by atoms with E-state index in [0.717, 1.165) is 27.4 Å². The van der Waals surface area contributed by atoms with Crippen molar-refractivity contribution in [1.82, 2.24) is 9.78 Å². The highest BCUT2D eigenvalue weighted by Crippen LogP contribution is 2.36. The number of carboxylic acid groups (broad SMARTS) is 1. The average molecular weight is 357 g/mol. The number of anilines is 1. The average Bonchev–Trinajstić information content (AvgIpc) is 3.20. The van der Waals surface area contributed by atoms with Crippen LogP contribution in [0, 0.1) is 6.92 Å². The minimum atomic E-state index is -0.927. The highest BCUT2D eigenvalue weighted by molar-refractivity contribution is 7.18. The molecule has 3 rings (SSSR count). The van der Waals surface area contributed by atoms with Crippen LogP contribution < -0.4 is 10.1 Å². The van der Waals surface area contributed by atoms with Crippen molar-refractivity contribution < 1.29 is 14.6 Å². The van der Waals surface area contributed by atoms with Gasteiger partial charge in [0.1, 0.15) is 10.6 Å². The highest BCUT2D eigenvalue weighted by Gasteiger charge is 2.18. The predicted molar refractivity (Wildman–Crippen MR) is 98.9 cm³/mol. The molecule has 130 valence electrons. The first-order valence-corrected chi connectivity index (χ1v) is 8.55. The van der Waals surface area contributed by atoms with Gasteiger partial charge in [-0.3, -0.25) is 4.68 Å².